The molecule has 86 valence electrons. The molecule has 4 heteroatoms. The molecule has 15 heavy (non-hydrogen) atoms. The number of imide groups is 1. The SMILES string of the molecule is CC(C)(C)C1CC(=O)N(C(=O)CCCl)C1. The van der Waals surface area contributed by atoms with Gasteiger partial charge in [0, 0.05) is 25.3 Å². The van der Waals surface area contributed by atoms with Crippen LogP contribution in [-0.4, -0.2) is 29.1 Å². The van der Waals surface area contributed by atoms with E-state index < -0.39 is 0 Å². The van der Waals surface area contributed by atoms with Crippen molar-refractivity contribution in [1.29, 1.82) is 0 Å². The molecule has 1 fully saturated rings. The quantitative estimate of drug-likeness (QED) is 0.682. The van der Waals surface area contributed by atoms with Gasteiger partial charge in [-0.3, -0.25) is 14.5 Å². The standard InChI is InChI=1S/C11H18ClNO2/c1-11(2,3)8-6-10(15)13(7-8)9(14)4-5-12/h8H,4-7H2,1-3H3. The first-order valence-electron chi connectivity index (χ1n) is 5.25. The number of rotatable bonds is 2. The summed E-state index contributed by atoms with van der Waals surface area (Å²) in [6.45, 7) is 6.85. The summed E-state index contributed by atoms with van der Waals surface area (Å²) < 4.78 is 0. The molecule has 0 saturated carbocycles. The predicted octanol–water partition coefficient (Wildman–Crippen LogP) is 2.04. The Kier molecular flexibility index (Phi) is 3.77. The van der Waals surface area contributed by atoms with Gasteiger partial charge >= 0.3 is 0 Å². The van der Waals surface area contributed by atoms with Gasteiger partial charge in [0.1, 0.15) is 0 Å². The topological polar surface area (TPSA) is 37.4 Å². The lowest BCUT2D eigenvalue weighted by molar-refractivity contribution is -0.141. The number of nitrogens with zero attached hydrogens (tertiary/aromatic N) is 1. The van der Waals surface area contributed by atoms with Crippen molar-refractivity contribution in [2.24, 2.45) is 11.3 Å². The summed E-state index contributed by atoms with van der Waals surface area (Å²) in [7, 11) is 0. The summed E-state index contributed by atoms with van der Waals surface area (Å²) in [6, 6.07) is 0. The van der Waals surface area contributed by atoms with Crippen LogP contribution in [0, 0.1) is 11.3 Å². The van der Waals surface area contributed by atoms with Gasteiger partial charge in [-0.15, -0.1) is 11.6 Å². The van der Waals surface area contributed by atoms with Crippen LogP contribution in [0.25, 0.3) is 0 Å². The van der Waals surface area contributed by atoms with Gasteiger partial charge in [0.2, 0.25) is 11.8 Å². The highest BCUT2D eigenvalue weighted by atomic mass is 35.5. The monoisotopic (exact) mass is 231 g/mol. The second-order valence-electron chi connectivity index (χ2n) is 5.10. The summed E-state index contributed by atoms with van der Waals surface area (Å²) in [5.74, 6) is 0.360. The molecule has 0 aromatic heterocycles. The van der Waals surface area contributed by atoms with Crippen molar-refractivity contribution in [3.8, 4) is 0 Å². The Morgan fingerprint density at radius 3 is 2.53 bits per heavy atom. The van der Waals surface area contributed by atoms with Gasteiger partial charge in [-0.05, 0) is 11.3 Å². The average Bonchev–Trinajstić information content (AvgIpc) is 2.47. The molecule has 0 radical (unpaired) electrons. The number of likely N-dealkylation sites (tertiary alicyclic amines) is 1. The molecular formula is C11H18ClNO2. The summed E-state index contributed by atoms with van der Waals surface area (Å²) in [5.41, 5.74) is 0.0751. The third-order valence-electron chi connectivity index (χ3n) is 2.96. The highest BCUT2D eigenvalue weighted by Crippen LogP contribution is 2.34. The number of hydrogen-bond donors (Lipinski definition) is 0. The molecule has 1 unspecified atom stereocenters. The van der Waals surface area contributed by atoms with Gasteiger partial charge in [0.15, 0.2) is 0 Å². The number of carbonyl (C=O) groups excluding carboxylic acids is 2. The average molecular weight is 232 g/mol. The molecule has 0 aromatic rings. The first kappa shape index (κ1) is 12.5. The first-order chi connectivity index (χ1) is 6.86. The Morgan fingerprint density at radius 2 is 2.13 bits per heavy atom. The fourth-order valence-electron chi connectivity index (χ4n) is 1.74. The molecule has 0 aromatic carbocycles. The smallest absolute Gasteiger partial charge is 0.230 e. The minimum atomic E-state index is -0.137. The van der Waals surface area contributed by atoms with E-state index in [1.807, 2.05) is 0 Å². The molecule has 1 rings (SSSR count). The van der Waals surface area contributed by atoms with E-state index in [9.17, 15) is 9.59 Å². The third-order valence-corrected chi connectivity index (χ3v) is 3.15. The number of amides is 2. The van der Waals surface area contributed by atoms with Crippen LogP contribution in [0.5, 0.6) is 0 Å². The number of carbonyl (C=O) groups is 2. The van der Waals surface area contributed by atoms with Crippen molar-refractivity contribution in [3.63, 3.8) is 0 Å². The highest BCUT2D eigenvalue weighted by molar-refractivity contribution is 6.19. The van der Waals surface area contributed by atoms with Gasteiger partial charge in [0.05, 0.1) is 0 Å². The van der Waals surface area contributed by atoms with Crippen LogP contribution in [0.3, 0.4) is 0 Å². The maximum atomic E-state index is 11.6. The van der Waals surface area contributed by atoms with Gasteiger partial charge < -0.3 is 0 Å². The molecule has 0 N–H and O–H groups in total. The molecule has 3 nitrogen and oxygen atoms in total. The normalized spacial score (nSPS) is 22.3. The second-order valence-corrected chi connectivity index (χ2v) is 5.48. The van der Waals surface area contributed by atoms with Crippen molar-refractivity contribution in [2.45, 2.75) is 33.6 Å². The summed E-state index contributed by atoms with van der Waals surface area (Å²) in [5, 5.41) is 0. The molecule has 2 amide bonds. The van der Waals surface area contributed by atoms with Crippen LogP contribution in [0.15, 0.2) is 0 Å². The third kappa shape index (κ3) is 2.94. The lowest BCUT2D eigenvalue weighted by atomic mass is 9.80. The van der Waals surface area contributed by atoms with Crippen molar-refractivity contribution in [3.05, 3.63) is 0 Å². The van der Waals surface area contributed by atoms with E-state index in [0.717, 1.165) is 0 Å². The molecule has 1 saturated heterocycles. The minimum absolute atomic E-state index is 0.0509. The molecule has 1 heterocycles. The summed E-state index contributed by atoms with van der Waals surface area (Å²) >= 11 is 5.49. The second kappa shape index (κ2) is 4.52. The van der Waals surface area contributed by atoms with E-state index in [2.05, 4.69) is 20.8 Å². The van der Waals surface area contributed by atoms with Gasteiger partial charge in [-0.25, -0.2) is 0 Å². The van der Waals surface area contributed by atoms with Crippen molar-refractivity contribution in [2.75, 3.05) is 12.4 Å². The lowest BCUT2D eigenvalue weighted by Gasteiger charge is -2.25. The molecular weight excluding hydrogens is 214 g/mol. The fraction of sp³-hybridized carbons (Fsp3) is 0.818. The molecule has 0 bridgehead atoms. The Hall–Kier alpha value is -0.570. The molecule has 0 spiro atoms. The van der Waals surface area contributed by atoms with Crippen LogP contribution >= 0.6 is 11.6 Å². The molecule has 1 aliphatic heterocycles. The molecule has 0 aliphatic carbocycles. The number of alkyl halides is 1. The van der Waals surface area contributed by atoms with E-state index in [1.165, 1.54) is 4.90 Å². The molecule has 1 aliphatic rings. The van der Waals surface area contributed by atoms with Crippen LogP contribution < -0.4 is 0 Å². The van der Waals surface area contributed by atoms with Crippen LogP contribution in [0.4, 0.5) is 0 Å². The zero-order valence-corrected chi connectivity index (χ0v) is 10.3. The zero-order valence-electron chi connectivity index (χ0n) is 9.55. The van der Waals surface area contributed by atoms with Gasteiger partial charge in [0.25, 0.3) is 0 Å². The van der Waals surface area contributed by atoms with Crippen LogP contribution in [-0.2, 0) is 9.59 Å². The van der Waals surface area contributed by atoms with E-state index in [-0.39, 0.29) is 35.4 Å². The molecule has 1 atom stereocenters. The van der Waals surface area contributed by atoms with Crippen LogP contribution in [0.1, 0.15) is 33.6 Å². The fourth-order valence-corrected chi connectivity index (χ4v) is 1.91. The zero-order chi connectivity index (χ0) is 11.6. The van der Waals surface area contributed by atoms with E-state index in [1.54, 1.807) is 0 Å². The van der Waals surface area contributed by atoms with Crippen molar-refractivity contribution in [1.82, 2.24) is 4.90 Å². The summed E-state index contributed by atoms with van der Waals surface area (Å²) in [6.07, 6.45) is 0.738. The van der Waals surface area contributed by atoms with E-state index in [0.29, 0.717) is 13.0 Å². The van der Waals surface area contributed by atoms with Crippen LogP contribution in [0.2, 0.25) is 0 Å². The highest BCUT2D eigenvalue weighted by Gasteiger charge is 2.39. The Balaban J connectivity index is 2.65. The Morgan fingerprint density at radius 1 is 1.53 bits per heavy atom. The van der Waals surface area contributed by atoms with E-state index in [4.69, 9.17) is 11.6 Å². The number of halogens is 1. The maximum Gasteiger partial charge on any atom is 0.230 e. The maximum absolute atomic E-state index is 11.6. The largest absolute Gasteiger partial charge is 0.282 e. The van der Waals surface area contributed by atoms with Gasteiger partial charge in [-0.2, -0.15) is 0 Å². The summed E-state index contributed by atoms with van der Waals surface area (Å²) in [4.78, 5) is 24.5. The lowest BCUT2D eigenvalue weighted by Crippen LogP contribution is -2.33. The Labute approximate surface area is 95.8 Å². The van der Waals surface area contributed by atoms with Crippen molar-refractivity contribution >= 4 is 23.4 Å². The van der Waals surface area contributed by atoms with Crippen molar-refractivity contribution < 1.29 is 9.59 Å². The van der Waals surface area contributed by atoms with E-state index >= 15 is 0 Å². The number of hydrogen-bond acceptors (Lipinski definition) is 2. The Bertz CT molecular complexity index is 270. The first-order valence-corrected chi connectivity index (χ1v) is 5.79. The van der Waals surface area contributed by atoms with Gasteiger partial charge in [-0.1, -0.05) is 20.8 Å². The predicted molar refractivity (Wildman–Crippen MR) is 59.6 cm³/mol. The minimum Gasteiger partial charge on any atom is -0.282 e.